The molecule has 0 bridgehead atoms. The van der Waals surface area contributed by atoms with Gasteiger partial charge >= 0.3 is 5.97 Å². The molecule has 0 aliphatic rings. The van der Waals surface area contributed by atoms with E-state index in [0.717, 1.165) is 0 Å². The number of aliphatic hydroxyl groups is 1. The lowest BCUT2D eigenvalue weighted by Gasteiger charge is -2.24. The highest BCUT2D eigenvalue weighted by Gasteiger charge is 2.29. The molecule has 1 aromatic carbocycles. The predicted octanol–water partition coefficient (Wildman–Crippen LogP) is -1.14. The van der Waals surface area contributed by atoms with E-state index < -0.39 is 54.5 Å². The minimum absolute atomic E-state index is 0.0365. The van der Waals surface area contributed by atoms with Gasteiger partial charge in [-0.15, -0.1) is 0 Å². The maximum absolute atomic E-state index is 12.6. The lowest BCUT2D eigenvalue weighted by Crippen LogP contribution is -2.58. The molecule has 4 atom stereocenters. The summed E-state index contributed by atoms with van der Waals surface area (Å²) in [7, 11) is 0. The molecule has 0 heterocycles. The summed E-state index contributed by atoms with van der Waals surface area (Å²) >= 11 is 1.47. The average Bonchev–Trinajstić information content (AvgIpc) is 2.74. The fraction of sp³-hybridized carbons (Fsp3) is 0.500. The standard InChI is InChI=1S/C20H30N4O6S/c1-12(21)17(26)22-14(8-9-31-2)18(27)24-16(11-25)19(28)23-15(20(29)30)10-13-6-4-3-5-7-13/h3-7,12,14-16,25H,8-11,21H2,1-2H3,(H,22,26)(H,23,28)(H,24,27)(H,29,30). The van der Waals surface area contributed by atoms with Crippen LogP contribution in [0, 0.1) is 0 Å². The molecule has 0 spiro atoms. The van der Waals surface area contributed by atoms with Crippen molar-refractivity contribution >= 4 is 35.5 Å². The van der Waals surface area contributed by atoms with Crippen LogP contribution >= 0.6 is 11.8 Å². The van der Waals surface area contributed by atoms with Gasteiger partial charge in [-0.2, -0.15) is 11.8 Å². The van der Waals surface area contributed by atoms with Gasteiger partial charge in [0.05, 0.1) is 12.6 Å². The lowest BCUT2D eigenvalue weighted by atomic mass is 10.1. The zero-order valence-electron chi connectivity index (χ0n) is 17.5. The minimum Gasteiger partial charge on any atom is -0.480 e. The maximum Gasteiger partial charge on any atom is 0.326 e. The Hall–Kier alpha value is -2.63. The highest BCUT2D eigenvalue weighted by atomic mass is 32.2. The molecule has 4 unspecified atom stereocenters. The van der Waals surface area contributed by atoms with Crippen molar-refractivity contribution < 1.29 is 29.4 Å². The molecule has 10 nitrogen and oxygen atoms in total. The van der Waals surface area contributed by atoms with Crippen LogP contribution in [0.5, 0.6) is 0 Å². The number of carboxylic acids is 1. The first-order chi connectivity index (χ1) is 14.7. The summed E-state index contributed by atoms with van der Waals surface area (Å²) in [4.78, 5) is 48.6. The second kappa shape index (κ2) is 13.6. The Labute approximate surface area is 185 Å². The normalized spacial score (nSPS) is 14.6. The zero-order valence-corrected chi connectivity index (χ0v) is 18.4. The minimum atomic E-state index is -1.38. The molecule has 0 aliphatic heterocycles. The van der Waals surface area contributed by atoms with Crippen molar-refractivity contribution in [1.82, 2.24) is 16.0 Å². The summed E-state index contributed by atoms with van der Waals surface area (Å²) in [6, 6.07) is 4.33. The maximum atomic E-state index is 12.6. The molecular formula is C20H30N4O6S. The van der Waals surface area contributed by atoms with Crippen LogP contribution in [0.15, 0.2) is 30.3 Å². The molecule has 1 rings (SSSR count). The van der Waals surface area contributed by atoms with Crippen LogP contribution in [0.3, 0.4) is 0 Å². The van der Waals surface area contributed by atoms with Gasteiger partial charge in [0.1, 0.15) is 18.1 Å². The van der Waals surface area contributed by atoms with Crippen molar-refractivity contribution in [3.05, 3.63) is 35.9 Å². The van der Waals surface area contributed by atoms with Gasteiger partial charge in [-0.25, -0.2) is 4.79 Å². The number of carbonyl (C=O) groups is 4. The molecule has 0 aliphatic carbocycles. The van der Waals surface area contributed by atoms with Crippen molar-refractivity contribution in [2.75, 3.05) is 18.6 Å². The Morgan fingerprint density at radius 2 is 1.52 bits per heavy atom. The van der Waals surface area contributed by atoms with Crippen LogP contribution in [0.2, 0.25) is 0 Å². The van der Waals surface area contributed by atoms with Gasteiger partial charge in [-0.05, 0) is 30.9 Å². The summed E-state index contributed by atoms with van der Waals surface area (Å²) in [6.45, 7) is 0.730. The average molecular weight is 455 g/mol. The summed E-state index contributed by atoms with van der Waals surface area (Å²) in [6.07, 6.45) is 2.16. The number of hydrogen-bond donors (Lipinski definition) is 6. The Kier molecular flexibility index (Phi) is 11.6. The van der Waals surface area contributed by atoms with Crippen LogP contribution in [-0.2, 0) is 25.6 Å². The van der Waals surface area contributed by atoms with Gasteiger partial charge in [-0.3, -0.25) is 14.4 Å². The number of thioether (sulfide) groups is 1. The number of nitrogens with one attached hydrogen (secondary N) is 3. The van der Waals surface area contributed by atoms with Gasteiger partial charge in [0.25, 0.3) is 0 Å². The van der Waals surface area contributed by atoms with E-state index in [2.05, 4.69) is 16.0 Å². The highest BCUT2D eigenvalue weighted by Crippen LogP contribution is 2.05. The Balaban J connectivity index is 2.82. The molecule has 11 heteroatoms. The fourth-order valence-electron chi connectivity index (χ4n) is 2.60. The fourth-order valence-corrected chi connectivity index (χ4v) is 3.07. The predicted molar refractivity (Wildman–Crippen MR) is 117 cm³/mol. The number of carbonyl (C=O) groups excluding carboxylic acids is 3. The Morgan fingerprint density at radius 1 is 0.968 bits per heavy atom. The van der Waals surface area contributed by atoms with E-state index in [1.54, 1.807) is 30.3 Å². The topological polar surface area (TPSA) is 171 Å². The van der Waals surface area contributed by atoms with Gasteiger partial charge < -0.3 is 31.9 Å². The monoisotopic (exact) mass is 454 g/mol. The third kappa shape index (κ3) is 9.37. The van der Waals surface area contributed by atoms with Gasteiger partial charge in [-0.1, -0.05) is 30.3 Å². The van der Waals surface area contributed by atoms with E-state index in [9.17, 15) is 29.4 Å². The number of hydrogen-bond acceptors (Lipinski definition) is 7. The summed E-state index contributed by atoms with van der Waals surface area (Å²) in [5, 5.41) is 26.2. The van der Waals surface area contributed by atoms with Crippen molar-refractivity contribution in [2.24, 2.45) is 5.73 Å². The number of nitrogens with two attached hydrogens (primary N) is 1. The van der Waals surface area contributed by atoms with E-state index in [1.165, 1.54) is 18.7 Å². The second-order valence-corrected chi connectivity index (χ2v) is 7.95. The van der Waals surface area contributed by atoms with Crippen LogP contribution in [0.1, 0.15) is 18.9 Å². The van der Waals surface area contributed by atoms with Gasteiger partial charge in [0.2, 0.25) is 17.7 Å². The SMILES string of the molecule is CSCCC(NC(=O)C(C)N)C(=O)NC(CO)C(=O)NC(Cc1ccccc1)C(=O)O. The summed E-state index contributed by atoms with van der Waals surface area (Å²) in [5.74, 6) is -2.73. The first-order valence-electron chi connectivity index (χ1n) is 9.72. The van der Waals surface area contributed by atoms with E-state index in [-0.39, 0.29) is 12.8 Å². The molecule has 0 aromatic heterocycles. The van der Waals surface area contributed by atoms with Gasteiger partial charge in [0, 0.05) is 6.42 Å². The van der Waals surface area contributed by atoms with Crippen molar-refractivity contribution in [1.29, 1.82) is 0 Å². The zero-order chi connectivity index (χ0) is 23.4. The van der Waals surface area contributed by atoms with Crippen molar-refractivity contribution in [3.63, 3.8) is 0 Å². The molecule has 0 radical (unpaired) electrons. The number of carboxylic acid groups (broad SMARTS) is 1. The number of rotatable bonds is 13. The van der Waals surface area contributed by atoms with E-state index in [4.69, 9.17) is 5.73 Å². The smallest absolute Gasteiger partial charge is 0.326 e. The molecule has 3 amide bonds. The summed E-state index contributed by atoms with van der Waals surface area (Å²) in [5.41, 5.74) is 6.23. The molecule has 7 N–H and O–H groups in total. The van der Waals surface area contributed by atoms with Crippen LogP contribution in [0.4, 0.5) is 0 Å². The third-order valence-electron chi connectivity index (χ3n) is 4.37. The lowest BCUT2D eigenvalue weighted by molar-refractivity contribution is -0.142. The molecule has 172 valence electrons. The summed E-state index contributed by atoms with van der Waals surface area (Å²) < 4.78 is 0. The van der Waals surface area contributed by atoms with Crippen LogP contribution < -0.4 is 21.7 Å². The van der Waals surface area contributed by atoms with Crippen molar-refractivity contribution in [3.8, 4) is 0 Å². The molecular weight excluding hydrogens is 424 g/mol. The second-order valence-electron chi connectivity index (χ2n) is 6.96. The highest BCUT2D eigenvalue weighted by molar-refractivity contribution is 7.98. The number of amides is 3. The quantitative estimate of drug-likeness (QED) is 0.217. The van der Waals surface area contributed by atoms with Crippen molar-refractivity contribution in [2.45, 2.75) is 43.9 Å². The number of benzene rings is 1. The first kappa shape index (κ1) is 26.4. The Morgan fingerprint density at radius 3 is 2.03 bits per heavy atom. The first-order valence-corrected chi connectivity index (χ1v) is 11.1. The van der Waals surface area contributed by atoms with Crippen LogP contribution in [0.25, 0.3) is 0 Å². The van der Waals surface area contributed by atoms with Gasteiger partial charge in [0.15, 0.2) is 0 Å². The van der Waals surface area contributed by atoms with Crippen LogP contribution in [-0.4, -0.2) is 76.7 Å². The van der Waals surface area contributed by atoms with E-state index in [0.29, 0.717) is 11.3 Å². The molecule has 0 saturated heterocycles. The molecule has 0 fully saturated rings. The number of aliphatic hydroxyl groups excluding tert-OH is 1. The largest absolute Gasteiger partial charge is 0.480 e. The van der Waals surface area contributed by atoms with E-state index >= 15 is 0 Å². The Bertz CT molecular complexity index is 746. The number of aliphatic carboxylic acids is 1. The molecule has 31 heavy (non-hydrogen) atoms. The molecule has 0 saturated carbocycles. The van der Waals surface area contributed by atoms with E-state index in [1.807, 2.05) is 6.26 Å². The molecule has 1 aromatic rings. The third-order valence-corrected chi connectivity index (χ3v) is 5.01.